The Balaban J connectivity index is 1.75. The lowest BCUT2D eigenvalue weighted by Gasteiger charge is -2.41. The molecule has 6 nitrogen and oxygen atoms in total. The summed E-state index contributed by atoms with van der Waals surface area (Å²) >= 11 is 3.48. The highest BCUT2D eigenvalue weighted by molar-refractivity contribution is 9.10. The Labute approximate surface area is 157 Å². The first-order valence-corrected chi connectivity index (χ1v) is 12.9. The number of hydrogen-bond donors (Lipinski definition) is 0. The molecule has 1 aromatic rings. The molecule has 1 atom stereocenters. The molecule has 136 valence electrons. The van der Waals surface area contributed by atoms with Gasteiger partial charge >= 0.3 is 0 Å². The van der Waals surface area contributed by atoms with Gasteiger partial charge in [-0.1, -0.05) is 35.6 Å². The minimum absolute atomic E-state index is 0.0652. The third-order valence-corrected chi connectivity index (χ3v) is 6.46. The Kier molecular flexibility index (Phi) is 5.22. The zero-order valence-corrected chi connectivity index (χ0v) is 17.7. The first-order chi connectivity index (χ1) is 11.8. The summed E-state index contributed by atoms with van der Waals surface area (Å²) in [7, 11) is -1.14. The summed E-state index contributed by atoms with van der Waals surface area (Å²) < 4.78 is 12.4. The number of hydrazone groups is 1. The van der Waals surface area contributed by atoms with Crippen molar-refractivity contribution < 1.29 is 14.3 Å². The Bertz CT molecular complexity index is 705. The summed E-state index contributed by atoms with van der Waals surface area (Å²) in [6.07, 6.45) is 0. The molecule has 25 heavy (non-hydrogen) atoms. The molecule has 1 amide bonds. The summed E-state index contributed by atoms with van der Waals surface area (Å²) in [4.78, 5) is 14.7. The van der Waals surface area contributed by atoms with Crippen molar-refractivity contribution in [1.82, 2.24) is 5.01 Å². The van der Waals surface area contributed by atoms with Gasteiger partial charge in [-0.3, -0.25) is 4.79 Å². The molecule has 0 aliphatic carbocycles. The number of rotatable bonds is 5. The average Bonchev–Trinajstić information content (AvgIpc) is 2.54. The van der Waals surface area contributed by atoms with Gasteiger partial charge in [-0.05, 0) is 31.2 Å². The van der Waals surface area contributed by atoms with Crippen molar-refractivity contribution in [1.29, 1.82) is 0 Å². The normalized spacial score (nSPS) is 20.0. The van der Waals surface area contributed by atoms with Crippen LogP contribution in [0.2, 0.25) is 25.7 Å². The number of carbonyl (C=O) groups excluding carboxylic acids is 1. The number of halogens is 1. The van der Waals surface area contributed by atoms with Gasteiger partial charge < -0.3 is 14.4 Å². The molecule has 3 rings (SSSR count). The molecule has 1 unspecified atom stereocenters. The van der Waals surface area contributed by atoms with Gasteiger partial charge in [-0.15, -0.1) is 0 Å². The number of hydrogen-bond acceptors (Lipinski definition) is 5. The molecule has 0 fully saturated rings. The maximum absolute atomic E-state index is 12.7. The topological polar surface area (TPSA) is 54.4 Å². The molecule has 0 saturated heterocycles. The number of carbonyl (C=O) groups is 1. The van der Waals surface area contributed by atoms with E-state index in [2.05, 4.69) is 40.7 Å². The monoisotopic (exact) mass is 425 g/mol. The van der Waals surface area contributed by atoms with Crippen molar-refractivity contribution in [3.63, 3.8) is 0 Å². The smallest absolute Gasteiger partial charge is 0.267 e. The van der Waals surface area contributed by atoms with Crippen LogP contribution in [0.15, 0.2) is 27.8 Å². The lowest BCUT2D eigenvalue weighted by atomic mass is 10.1. The fraction of sp³-hybridized carbons (Fsp3) is 0.529. The van der Waals surface area contributed by atoms with Crippen molar-refractivity contribution in [2.75, 3.05) is 24.8 Å². The fourth-order valence-corrected chi connectivity index (χ4v) is 3.90. The summed E-state index contributed by atoms with van der Waals surface area (Å²) in [5, 5.41) is 5.89. The molecule has 0 spiro atoms. The van der Waals surface area contributed by atoms with E-state index < -0.39 is 8.07 Å². The zero-order valence-electron chi connectivity index (χ0n) is 15.1. The van der Waals surface area contributed by atoms with Gasteiger partial charge in [0.15, 0.2) is 5.84 Å². The van der Waals surface area contributed by atoms with Gasteiger partial charge in [0.05, 0.1) is 5.69 Å². The molecule has 1 aromatic carbocycles. The van der Waals surface area contributed by atoms with Crippen molar-refractivity contribution in [2.45, 2.75) is 38.7 Å². The summed E-state index contributed by atoms with van der Waals surface area (Å²) in [6.45, 7) is 10.00. The molecule has 2 aliphatic heterocycles. The van der Waals surface area contributed by atoms with Crippen LogP contribution in [0.5, 0.6) is 5.75 Å². The van der Waals surface area contributed by atoms with Crippen LogP contribution in [0.4, 0.5) is 5.69 Å². The maximum atomic E-state index is 12.7. The minimum atomic E-state index is -1.14. The van der Waals surface area contributed by atoms with Gasteiger partial charge in [-0.25, -0.2) is 5.01 Å². The molecule has 0 saturated carbocycles. The molecular formula is C17H24BrN3O3Si. The highest BCUT2D eigenvalue weighted by atomic mass is 79.9. The predicted octanol–water partition coefficient (Wildman–Crippen LogP) is 3.50. The Morgan fingerprint density at radius 3 is 2.88 bits per heavy atom. The highest BCUT2D eigenvalue weighted by Crippen LogP contribution is 2.37. The van der Waals surface area contributed by atoms with Crippen LogP contribution in [0, 0.1) is 0 Å². The van der Waals surface area contributed by atoms with E-state index >= 15 is 0 Å². The molecule has 0 radical (unpaired) electrons. The van der Waals surface area contributed by atoms with Crippen LogP contribution in [0.3, 0.4) is 0 Å². The number of anilines is 1. The molecule has 0 N–H and O–H groups in total. The second kappa shape index (κ2) is 7.09. The van der Waals surface area contributed by atoms with Gasteiger partial charge in [0.1, 0.15) is 25.1 Å². The van der Waals surface area contributed by atoms with Crippen molar-refractivity contribution in [3.05, 3.63) is 22.7 Å². The summed E-state index contributed by atoms with van der Waals surface area (Å²) in [6, 6.07) is 6.51. The van der Waals surface area contributed by atoms with Crippen LogP contribution in [-0.4, -0.2) is 50.8 Å². The minimum Gasteiger partial charge on any atom is -0.483 e. The van der Waals surface area contributed by atoms with Gasteiger partial charge in [0.25, 0.3) is 5.91 Å². The van der Waals surface area contributed by atoms with Gasteiger partial charge in [-0.2, -0.15) is 5.10 Å². The second-order valence-corrected chi connectivity index (χ2v) is 14.1. The summed E-state index contributed by atoms with van der Waals surface area (Å²) in [5.74, 6) is 1.43. The van der Waals surface area contributed by atoms with E-state index in [9.17, 15) is 4.79 Å². The van der Waals surface area contributed by atoms with E-state index in [4.69, 9.17) is 9.47 Å². The van der Waals surface area contributed by atoms with Crippen molar-refractivity contribution >= 4 is 41.4 Å². The molecule has 0 aromatic heterocycles. The van der Waals surface area contributed by atoms with Crippen LogP contribution in [0.25, 0.3) is 0 Å². The first-order valence-electron chi connectivity index (χ1n) is 8.44. The van der Waals surface area contributed by atoms with E-state index in [1.54, 1.807) is 0 Å². The lowest BCUT2D eigenvalue weighted by molar-refractivity contribution is -0.138. The fourth-order valence-electron chi connectivity index (χ4n) is 2.80. The molecule has 2 heterocycles. The number of nitrogens with zero attached hydrogens (tertiary/aromatic N) is 3. The average molecular weight is 426 g/mol. The number of amides is 1. The van der Waals surface area contributed by atoms with E-state index in [1.807, 2.05) is 30.0 Å². The first kappa shape index (κ1) is 18.4. The number of fused-ring (bicyclic) bond motifs is 3. The van der Waals surface area contributed by atoms with E-state index in [1.165, 1.54) is 5.01 Å². The van der Waals surface area contributed by atoms with Crippen molar-refractivity contribution in [2.24, 2.45) is 5.10 Å². The maximum Gasteiger partial charge on any atom is 0.267 e. The van der Waals surface area contributed by atoms with E-state index in [-0.39, 0.29) is 18.7 Å². The number of ether oxygens (including phenoxy) is 2. The Morgan fingerprint density at radius 1 is 1.40 bits per heavy atom. The molecular weight excluding hydrogens is 402 g/mol. The highest BCUT2D eigenvalue weighted by Gasteiger charge is 2.38. The number of amidine groups is 1. The van der Waals surface area contributed by atoms with E-state index in [0.29, 0.717) is 13.2 Å². The quantitative estimate of drug-likeness (QED) is 0.534. The Hall–Kier alpha value is -1.38. The Morgan fingerprint density at radius 2 is 2.16 bits per heavy atom. The largest absolute Gasteiger partial charge is 0.483 e. The SMILES string of the molecule is CC1C(=O)N(COCC[Si](C)(C)C)N=C2COc3ccc(Br)cc3N21. The lowest BCUT2D eigenvalue weighted by Crippen LogP contribution is -2.57. The van der Waals surface area contributed by atoms with Crippen LogP contribution in [0.1, 0.15) is 6.92 Å². The second-order valence-electron chi connectivity index (χ2n) is 7.55. The zero-order chi connectivity index (χ0) is 18.2. The number of benzene rings is 1. The predicted molar refractivity (Wildman–Crippen MR) is 105 cm³/mol. The molecule has 2 aliphatic rings. The van der Waals surface area contributed by atoms with Crippen LogP contribution in [-0.2, 0) is 9.53 Å². The van der Waals surface area contributed by atoms with Crippen molar-refractivity contribution in [3.8, 4) is 5.75 Å². The third-order valence-electron chi connectivity index (χ3n) is 4.26. The van der Waals surface area contributed by atoms with Crippen LogP contribution < -0.4 is 9.64 Å². The third kappa shape index (κ3) is 4.07. The van der Waals surface area contributed by atoms with Gasteiger partial charge in [0, 0.05) is 19.2 Å². The van der Waals surface area contributed by atoms with Gasteiger partial charge in [0.2, 0.25) is 0 Å². The standard InChI is InChI=1S/C17H24BrN3O3Si/c1-12-17(22)20(11-23-7-8-25(2,3)4)19-16-10-24-15-6-5-13(18)9-14(15)21(12)16/h5-6,9,12H,7-8,10-11H2,1-4H3. The molecule has 8 heteroatoms. The summed E-state index contributed by atoms with van der Waals surface area (Å²) in [5.41, 5.74) is 0.861. The van der Waals surface area contributed by atoms with E-state index in [0.717, 1.165) is 27.8 Å². The molecule has 0 bridgehead atoms. The van der Waals surface area contributed by atoms with Crippen LogP contribution >= 0.6 is 15.9 Å².